The normalized spacial score (nSPS) is 9.29. The maximum atomic E-state index is 11.4. The van der Waals surface area contributed by atoms with Crippen LogP contribution < -0.4 is 5.32 Å². The van der Waals surface area contributed by atoms with E-state index < -0.39 is 5.91 Å². The molecule has 1 amide bonds. The molecule has 2 N–H and O–H groups in total. The molecule has 0 fully saturated rings. The summed E-state index contributed by atoms with van der Waals surface area (Å²) in [4.78, 5) is 11.4. The molecular formula is C9H9ClN2O2. The van der Waals surface area contributed by atoms with Gasteiger partial charge in [0.25, 0.3) is 11.9 Å². The molecular weight excluding hydrogens is 204 g/mol. The Morgan fingerprint density at radius 2 is 2.00 bits per heavy atom. The standard InChI is InChI=1S/C9H9ClN2O2/c1-14-9(11)12-8(13)6-2-4-7(10)5-3-6/h2-5H,1H3,(H2,11,12,13). The number of amidine groups is 1. The lowest BCUT2D eigenvalue weighted by molar-refractivity contribution is 0.0968. The molecule has 0 aromatic heterocycles. The maximum Gasteiger partial charge on any atom is 0.288 e. The van der Waals surface area contributed by atoms with Crippen LogP contribution in [-0.2, 0) is 4.74 Å². The smallest absolute Gasteiger partial charge is 0.288 e. The van der Waals surface area contributed by atoms with Gasteiger partial charge in [-0.05, 0) is 24.3 Å². The molecule has 0 aliphatic carbocycles. The number of hydrogen-bond donors (Lipinski definition) is 2. The molecule has 0 saturated carbocycles. The average Bonchev–Trinajstić information content (AvgIpc) is 2.18. The van der Waals surface area contributed by atoms with Gasteiger partial charge in [0, 0.05) is 10.6 Å². The number of carbonyl (C=O) groups is 1. The minimum absolute atomic E-state index is 0.287. The molecule has 0 unspecified atom stereocenters. The van der Waals surface area contributed by atoms with E-state index >= 15 is 0 Å². The van der Waals surface area contributed by atoms with Crippen LogP contribution in [0.1, 0.15) is 10.4 Å². The lowest BCUT2D eigenvalue weighted by atomic mass is 10.2. The average molecular weight is 213 g/mol. The Morgan fingerprint density at radius 3 is 2.50 bits per heavy atom. The van der Waals surface area contributed by atoms with Gasteiger partial charge in [-0.3, -0.25) is 15.5 Å². The highest BCUT2D eigenvalue weighted by Gasteiger charge is 2.06. The summed E-state index contributed by atoms with van der Waals surface area (Å²) >= 11 is 5.65. The number of hydrogen-bond acceptors (Lipinski definition) is 3. The highest BCUT2D eigenvalue weighted by molar-refractivity contribution is 6.30. The highest BCUT2D eigenvalue weighted by Crippen LogP contribution is 2.09. The van der Waals surface area contributed by atoms with E-state index in [-0.39, 0.29) is 6.02 Å². The maximum absolute atomic E-state index is 11.4. The van der Waals surface area contributed by atoms with Crippen LogP contribution in [0, 0.1) is 5.41 Å². The SMILES string of the molecule is COC(=N)NC(=O)c1ccc(Cl)cc1. The number of rotatable bonds is 1. The van der Waals surface area contributed by atoms with Gasteiger partial charge in [0.2, 0.25) is 0 Å². The van der Waals surface area contributed by atoms with Crippen molar-refractivity contribution >= 4 is 23.5 Å². The van der Waals surface area contributed by atoms with Gasteiger partial charge in [-0.25, -0.2) is 0 Å². The molecule has 0 bridgehead atoms. The summed E-state index contributed by atoms with van der Waals surface area (Å²) < 4.78 is 4.49. The number of carbonyl (C=O) groups excluding carboxylic acids is 1. The molecule has 0 heterocycles. The molecule has 0 saturated heterocycles. The van der Waals surface area contributed by atoms with Crippen molar-refractivity contribution in [3.05, 3.63) is 34.9 Å². The largest absolute Gasteiger partial charge is 0.468 e. The Labute approximate surface area is 86.3 Å². The Bertz CT molecular complexity index is 348. The Balaban J connectivity index is 2.70. The highest BCUT2D eigenvalue weighted by atomic mass is 35.5. The zero-order chi connectivity index (χ0) is 10.6. The van der Waals surface area contributed by atoms with E-state index in [4.69, 9.17) is 17.0 Å². The van der Waals surface area contributed by atoms with E-state index in [1.165, 1.54) is 7.11 Å². The van der Waals surface area contributed by atoms with Gasteiger partial charge in [-0.2, -0.15) is 0 Å². The minimum atomic E-state index is -0.395. The van der Waals surface area contributed by atoms with Crippen LogP contribution in [0.2, 0.25) is 5.02 Å². The topological polar surface area (TPSA) is 62.2 Å². The molecule has 74 valence electrons. The van der Waals surface area contributed by atoms with Crippen molar-refractivity contribution in [2.45, 2.75) is 0 Å². The summed E-state index contributed by atoms with van der Waals surface area (Å²) in [6, 6.07) is 6.06. The van der Waals surface area contributed by atoms with Crippen molar-refractivity contribution in [1.82, 2.24) is 5.32 Å². The summed E-state index contributed by atoms with van der Waals surface area (Å²) in [6.07, 6.45) is 0. The van der Waals surface area contributed by atoms with Crippen LogP contribution in [0.15, 0.2) is 24.3 Å². The third-order valence-corrected chi connectivity index (χ3v) is 1.79. The van der Waals surface area contributed by atoms with E-state index in [9.17, 15) is 4.79 Å². The van der Waals surface area contributed by atoms with Crippen molar-refractivity contribution in [2.24, 2.45) is 0 Å². The third-order valence-electron chi connectivity index (χ3n) is 1.54. The molecule has 5 heteroatoms. The number of benzene rings is 1. The Kier molecular flexibility index (Phi) is 3.48. The Hall–Kier alpha value is -1.55. The second kappa shape index (κ2) is 4.62. The quantitative estimate of drug-likeness (QED) is 0.549. The van der Waals surface area contributed by atoms with Gasteiger partial charge < -0.3 is 4.74 Å². The van der Waals surface area contributed by atoms with Crippen molar-refractivity contribution in [2.75, 3.05) is 7.11 Å². The Morgan fingerprint density at radius 1 is 1.43 bits per heavy atom. The van der Waals surface area contributed by atoms with E-state index in [2.05, 4.69) is 10.1 Å². The van der Waals surface area contributed by atoms with E-state index in [1.54, 1.807) is 24.3 Å². The molecule has 1 aromatic carbocycles. The van der Waals surface area contributed by atoms with Crippen LogP contribution in [0.3, 0.4) is 0 Å². The van der Waals surface area contributed by atoms with Crippen molar-refractivity contribution in [3.63, 3.8) is 0 Å². The van der Waals surface area contributed by atoms with Gasteiger partial charge >= 0.3 is 0 Å². The summed E-state index contributed by atoms with van der Waals surface area (Å²) in [5, 5.41) is 9.88. The first-order valence-corrected chi connectivity index (χ1v) is 4.20. The fourth-order valence-corrected chi connectivity index (χ4v) is 0.954. The van der Waals surface area contributed by atoms with E-state index in [1.807, 2.05) is 0 Å². The number of nitrogens with one attached hydrogen (secondary N) is 2. The summed E-state index contributed by atoms with van der Waals surface area (Å²) in [7, 11) is 1.31. The number of ether oxygens (including phenoxy) is 1. The predicted molar refractivity (Wildman–Crippen MR) is 53.7 cm³/mol. The van der Waals surface area contributed by atoms with Crippen molar-refractivity contribution in [3.8, 4) is 0 Å². The number of halogens is 1. The fraction of sp³-hybridized carbons (Fsp3) is 0.111. The number of amides is 1. The monoisotopic (exact) mass is 212 g/mol. The van der Waals surface area contributed by atoms with Gasteiger partial charge in [0.15, 0.2) is 0 Å². The zero-order valence-corrected chi connectivity index (χ0v) is 8.26. The number of methoxy groups -OCH3 is 1. The second-order valence-electron chi connectivity index (χ2n) is 2.49. The van der Waals surface area contributed by atoms with E-state index in [0.29, 0.717) is 10.6 Å². The molecule has 14 heavy (non-hydrogen) atoms. The first kappa shape index (κ1) is 10.5. The second-order valence-corrected chi connectivity index (χ2v) is 2.93. The molecule has 0 aliphatic heterocycles. The van der Waals surface area contributed by atoms with Crippen LogP contribution in [0.4, 0.5) is 0 Å². The molecule has 0 aliphatic rings. The molecule has 1 rings (SSSR count). The minimum Gasteiger partial charge on any atom is -0.468 e. The van der Waals surface area contributed by atoms with Crippen molar-refractivity contribution < 1.29 is 9.53 Å². The van der Waals surface area contributed by atoms with E-state index in [0.717, 1.165) is 0 Å². The fourth-order valence-electron chi connectivity index (χ4n) is 0.828. The van der Waals surface area contributed by atoms with Gasteiger partial charge in [0.1, 0.15) is 0 Å². The van der Waals surface area contributed by atoms with Crippen LogP contribution >= 0.6 is 11.6 Å². The van der Waals surface area contributed by atoms with Crippen LogP contribution in [0.25, 0.3) is 0 Å². The van der Waals surface area contributed by atoms with Gasteiger partial charge in [0.05, 0.1) is 7.11 Å². The molecule has 1 aromatic rings. The molecule has 0 radical (unpaired) electrons. The van der Waals surface area contributed by atoms with Gasteiger partial charge in [-0.1, -0.05) is 11.6 Å². The van der Waals surface area contributed by atoms with Crippen LogP contribution in [0.5, 0.6) is 0 Å². The molecule has 4 nitrogen and oxygen atoms in total. The lowest BCUT2D eigenvalue weighted by Gasteiger charge is -2.04. The molecule has 0 atom stereocenters. The first-order chi connectivity index (χ1) is 6.63. The molecule has 0 spiro atoms. The van der Waals surface area contributed by atoms with Crippen molar-refractivity contribution in [1.29, 1.82) is 5.41 Å². The van der Waals surface area contributed by atoms with Crippen LogP contribution in [-0.4, -0.2) is 19.0 Å². The lowest BCUT2D eigenvalue weighted by Crippen LogP contribution is -2.30. The predicted octanol–water partition coefficient (Wildman–Crippen LogP) is 1.65. The first-order valence-electron chi connectivity index (χ1n) is 3.83. The summed E-state index contributed by atoms with van der Waals surface area (Å²) in [5.74, 6) is -0.395. The van der Waals surface area contributed by atoms with Gasteiger partial charge in [-0.15, -0.1) is 0 Å². The zero-order valence-electron chi connectivity index (χ0n) is 7.50. The third kappa shape index (κ3) is 2.74. The summed E-state index contributed by atoms with van der Waals surface area (Å²) in [5.41, 5.74) is 0.427. The summed E-state index contributed by atoms with van der Waals surface area (Å²) in [6.45, 7) is 0.